The highest BCUT2D eigenvalue weighted by Gasteiger charge is 2.43. The molecule has 1 aliphatic heterocycles. The Morgan fingerprint density at radius 1 is 1.26 bits per heavy atom. The van der Waals surface area contributed by atoms with Crippen molar-refractivity contribution in [2.75, 3.05) is 18.0 Å². The SMILES string of the molecule is Cl.Cl.NC(CCCCB(O)O)(C(=O)O)C1CCN(c2ncc(C(F)(F)F)cc2Cl)CC1. The number of anilines is 1. The zero-order chi connectivity index (χ0) is 21.8. The number of nitrogens with zero attached hydrogens (tertiary/aromatic N) is 2. The number of aromatic nitrogens is 1. The zero-order valence-electron chi connectivity index (χ0n) is 16.5. The van der Waals surface area contributed by atoms with Crippen LogP contribution in [0.3, 0.4) is 0 Å². The lowest BCUT2D eigenvalue weighted by Gasteiger charge is -2.40. The molecular formula is C17H26BCl3F3N3O4. The van der Waals surface area contributed by atoms with Crippen LogP contribution in [0.5, 0.6) is 0 Å². The third-order valence-electron chi connectivity index (χ3n) is 5.37. The largest absolute Gasteiger partial charge is 0.480 e. The third-order valence-corrected chi connectivity index (χ3v) is 5.65. The van der Waals surface area contributed by atoms with Crippen molar-refractivity contribution in [2.24, 2.45) is 11.7 Å². The number of halogens is 6. The van der Waals surface area contributed by atoms with Gasteiger partial charge >= 0.3 is 19.3 Å². The number of hydrogen-bond donors (Lipinski definition) is 4. The maximum Gasteiger partial charge on any atom is 0.451 e. The van der Waals surface area contributed by atoms with Crippen LogP contribution in [0.15, 0.2) is 12.3 Å². The van der Waals surface area contributed by atoms with Gasteiger partial charge in [0.25, 0.3) is 0 Å². The van der Waals surface area contributed by atoms with Crippen LogP contribution in [-0.4, -0.2) is 51.9 Å². The van der Waals surface area contributed by atoms with Gasteiger partial charge in [-0.2, -0.15) is 13.2 Å². The number of aliphatic carboxylic acids is 1. The number of piperidine rings is 1. The second-order valence-corrected chi connectivity index (χ2v) is 7.77. The van der Waals surface area contributed by atoms with Gasteiger partial charge in [-0.1, -0.05) is 24.4 Å². The van der Waals surface area contributed by atoms with E-state index in [2.05, 4.69) is 4.98 Å². The molecule has 5 N–H and O–H groups in total. The lowest BCUT2D eigenvalue weighted by Crippen LogP contribution is -2.57. The van der Waals surface area contributed by atoms with Crippen molar-refractivity contribution in [3.63, 3.8) is 0 Å². The smallest absolute Gasteiger partial charge is 0.451 e. The van der Waals surface area contributed by atoms with E-state index in [9.17, 15) is 23.1 Å². The Morgan fingerprint density at radius 2 is 1.84 bits per heavy atom. The molecule has 1 unspecified atom stereocenters. The maximum absolute atomic E-state index is 12.8. The number of nitrogens with two attached hydrogens (primary N) is 1. The van der Waals surface area contributed by atoms with E-state index in [4.69, 9.17) is 27.4 Å². The summed E-state index contributed by atoms with van der Waals surface area (Å²) in [6.07, 6.45) is -1.75. The summed E-state index contributed by atoms with van der Waals surface area (Å²) in [5.41, 5.74) is 3.82. The Balaban J connectivity index is 0.00000450. The van der Waals surface area contributed by atoms with Gasteiger partial charge in [0, 0.05) is 19.3 Å². The van der Waals surface area contributed by atoms with Crippen LogP contribution < -0.4 is 10.6 Å². The number of carboxylic acid groups (broad SMARTS) is 1. The summed E-state index contributed by atoms with van der Waals surface area (Å²) in [6, 6.07) is 0.829. The van der Waals surface area contributed by atoms with Crippen molar-refractivity contribution in [1.82, 2.24) is 4.98 Å². The van der Waals surface area contributed by atoms with Gasteiger partial charge in [0.05, 0.1) is 10.6 Å². The molecule has 2 rings (SSSR count). The Hall–Kier alpha value is -0.975. The van der Waals surface area contributed by atoms with Crippen molar-refractivity contribution in [1.29, 1.82) is 0 Å². The number of alkyl halides is 3. The standard InChI is InChI=1S/C17H24BClF3N3O4.2ClH/c19-13-9-12(17(20,21)22)10-24-14(13)25-7-3-11(4-8-25)16(23,15(26)27)5-1-2-6-18(28)29;;/h9-11,28-29H,1-8,23H2,(H,26,27);2*1H. The van der Waals surface area contributed by atoms with Gasteiger partial charge in [-0.25, -0.2) is 4.98 Å². The Morgan fingerprint density at radius 3 is 2.29 bits per heavy atom. The molecular weight excluding hydrogens is 484 g/mol. The number of unbranched alkanes of at least 4 members (excludes halogenated alkanes) is 1. The molecule has 0 saturated carbocycles. The van der Waals surface area contributed by atoms with E-state index in [0.717, 1.165) is 12.3 Å². The molecule has 7 nitrogen and oxygen atoms in total. The molecule has 1 aromatic rings. The van der Waals surface area contributed by atoms with E-state index < -0.39 is 30.4 Å². The predicted octanol–water partition coefficient (Wildman–Crippen LogP) is 3.24. The van der Waals surface area contributed by atoms with E-state index >= 15 is 0 Å². The highest BCUT2D eigenvalue weighted by Crippen LogP contribution is 2.36. The predicted molar refractivity (Wildman–Crippen MR) is 117 cm³/mol. The summed E-state index contributed by atoms with van der Waals surface area (Å²) in [6.45, 7) is 0.731. The number of carboxylic acids is 1. The second kappa shape index (κ2) is 12.3. The lowest BCUT2D eigenvalue weighted by atomic mass is 9.74. The topological polar surface area (TPSA) is 120 Å². The molecule has 1 aromatic heterocycles. The first-order valence-corrected chi connectivity index (χ1v) is 9.69. The minimum Gasteiger partial charge on any atom is -0.480 e. The normalized spacial score (nSPS) is 16.7. The molecule has 1 atom stereocenters. The van der Waals surface area contributed by atoms with Gasteiger partial charge in [-0.15, -0.1) is 24.8 Å². The fourth-order valence-corrected chi connectivity index (χ4v) is 3.94. The second-order valence-electron chi connectivity index (χ2n) is 7.36. The number of carbonyl (C=O) groups is 1. The summed E-state index contributed by atoms with van der Waals surface area (Å²) in [4.78, 5) is 17.4. The van der Waals surface area contributed by atoms with Gasteiger partial charge in [0.2, 0.25) is 0 Å². The van der Waals surface area contributed by atoms with Crippen molar-refractivity contribution in [3.05, 3.63) is 22.8 Å². The molecule has 0 aliphatic carbocycles. The fourth-order valence-electron chi connectivity index (χ4n) is 3.65. The van der Waals surface area contributed by atoms with E-state index in [0.29, 0.717) is 38.8 Å². The molecule has 0 bridgehead atoms. The number of rotatable bonds is 8. The minimum atomic E-state index is -4.53. The average molecular weight is 511 g/mol. The Bertz CT molecular complexity index is 726. The third kappa shape index (κ3) is 7.83. The first kappa shape index (κ1) is 30.0. The van der Waals surface area contributed by atoms with E-state index in [1.165, 1.54) is 0 Å². The van der Waals surface area contributed by atoms with Crippen LogP contribution in [0.25, 0.3) is 0 Å². The van der Waals surface area contributed by atoms with Crippen LogP contribution in [0.2, 0.25) is 11.3 Å². The lowest BCUT2D eigenvalue weighted by molar-refractivity contribution is -0.146. The molecule has 1 saturated heterocycles. The van der Waals surface area contributed by atoms with Crippen LogP contribution in [0.1, 0.15) is 37.7 Å². The maximum atomic E-state index is 12.8. The van der Waals surface area contributed by atoms with Gasteiger partial charge in [-0.3, -0.25) is 4.79 Å². The molecule has 31 heavy (non-hydrogen) atoms. The number of pyridine rings is 1. The highest BCUT2D eigenvalue weighted by atomic mass is 35.5. The van der Waals surface area contributed by atoms with E-state index in [1.807, 2.05) is 0 Å². The van der Waals surface area contributed by atoms with Crippen LogP contribution in [0.4, 0.5) is 19.0 Å². The van der Waals surface area contributed by atoms with Crippen LogP contribution in [0, 0.1) is 5.92 Å². The molecule has 0 aromatic carbocycles. The molecule has 14 heteroatoms. The van der Waals surface area contributed by atoms with Crippen molar-refractivity contribution < 1.29 is 33.1 Å². The number of hydrogen-bond acceptors (Lipinski definition) is 6. The van der Waals surface area contributed by atoms with Gasteiger partial charge in [0.1, 0.15) is 11.4 Å². The Labute approximate surface area is 196 Å². The zero-order valence-corrected chi connectivity index (χ0v) is 18.9. The molecule has 2 heterocycles. The summed E-state index contributed by atoms with van der Waals surface area (Å²) >= 11 is 5.99. The molecule has 0 amide bonds. The first-order chi connectivity index (χ1) is 13.4. The van der Waals surface area contributed by atoms with E-state index in [1.54, 1.807) is 4.90 Å². The van der Waals surface area contributed by atoms with Gasteiger partial charge in [-0.05, 0) is 37.6 Å². The molecule has 178 valence electrons. The first-order valence-electron chi connectivity index (χ1n) is 9.31. The fraction of sp³-hybridized carbons (Fsp3) is 0.647. The molecule has 1 fully saturated rings. The van der Waals surface area contributed by atoms with Gasteiger partial charge < -0.3 is 25.8 Å². The summed E-state index contributed by atoms with van der Waals surface area (Å²) in [7, 11) is -1.43. The molecule has 0 radical (unpaired) electrons. The van der Waals surface area contributed by atoms with Crippen molar-refractivity contribution >= 4 is 55.3 Å². The van der Waals surface area contributed by atoms with Gasteiger partial charge in [0.15, 0.2) is 0 Å². The summed E-state index contributed by atoms with van der Waals surface area (Å²) in [5.74, 6) is -1.22. The van der Waals surface area contributed by atoms with Crippen LogP contribution >= 0.6 is 36.4 Å². The monoisotopic (exact) mass is 509 g/mol. The Kier molecular flexibility index (Phi) is 11.9. The summed E-state index contributed by atoms with van der Waals surface area (Å²) < 4.78 is 38.3. The van der Waals surface area contributed by atoms with Crippen molar-refractivity contribution in [2.45, 2.75) is 50.1 Å². The quantitative estimate of drug-likeness (QED) is 0.313. The van der Waals surface area contributed by atoms with Crippen molar-refractivity contribution in [3.8, 4) is 0 Å². The summed E-state index contributed by atoms with van der Waals surface area (Å²) in [5, 5.41) is 27.3. The minimum absolute atomic E-state index is 0. The average Bonchev–Trinajstić information content (AvgIpc) is 2.64. The highest BCUT2D eigenvalue weighted by molar-refractivity contribution is 6.40. The molecule has 0 spiro atoms. The van der Waals surface area contributed by atoms with Crippen LogP contribution in [-0.2, 0) is 11.0 Å². The molecule has 1 aliphatic rings. The van der Waals surface area contributed by atoms with E-state index in [-0.39, 0.29) is 54.3 Å².